The molecule has 1 aromatic carbocycles. The molecule has 0 amide bonds. The molecule has 0 bridgehead atoms. The highest BCUT2D eigenvalue weighted by Crippen LogP contribution is 2.38. The molecule has 1 unspecified atom stereocenters. The van der Waals surface area contributed by atoms with Crippen molar-refractivity contribution in [3.05, 3.63) is 30.3 Å². The third kappa shape index (κ3) is 1.56. The topological polar surface area (TPSA) is 36.0 Å². The zero-order chi connectivity index (χ0) is 8.39. The molecule has 2 nitrogen and oxygen atoms in total. The first-order valence-electron chi connectivity index (χ1n) is 3.51. The van der Waals surface area contributed by atoms with Gasteiger partial charge in [0.25, 0.3) is 0 Å². The summed E-state index contributed by atoms with van der Waals surface area (Å²) in [6.07, 6.45) is 0. The van der Waals surface area contributed by atoms with Crippen LogP contribution in [-0.4, -0.2) is 4.75 Å². The Labute approximate surface area is 73.5 Å². The highest BCUT2D eigenvalue weighted by atomic mass is 31.1. The second-order valence-electron chi connectivity index (χ2n) is 2.33. The summed E-state index contributed by atoms with van der Waals surface area (Å²) in [6, 6.07) is 9.84. The molecule has 0 saturated carbocycles. The van der Waals surface area contributed by atoms with E-state index in [1.807, 2.05) is 30.3 Å². The average molecular weight is 194 g/mol. The standard InChI is InChI=1S/C8H7NOP2/c10-8-11-7(9-12-8)6-4-2-1-3-5-6/h1-5,10,12H/p-1. The Morgan fingerprint density at radius 2 is 2.00 bits per heavy atom. The first-order valence-corrected chi connectivity index (χ1v) is 5.35. The van der Waals surface area contributed by atoms with Gasteiger partial charge in [0.1, 0.15) is 0 Å². The molecule has 1 aromatic heterocycles. The van der Waals surface area contributed by atoms with Gasteiger partial charge in [0.05, 0.1) is 5.43 Å². The zero-order valence-electron chi connectivity index (χ0n) is 6.19. The van der Waals surface area contributed by atoms with Crippen LogP contribution < -0.4 is 5.11 Å². The van der Waals surface area contributed by atoms with Crippen LogP contribution in [0.15, 0.2) is 30.3 Å². The van der Waals surface area contributed by atoms with Crippen LogP contribution in [0.25, 0.3) is 11.0 Å². The van der Waals surface area contributed by atoms with Gasteiger partial charge in [-0.25, -0.2) is 4.75 Å². The number of hydrogen-bond acceptors (Lipinski definition) is 2. The van der Waals surface area contributed by atoms with Crippen LogP contribution in [-0.2, 0) is 0 Å². The summed E-state index contributed by atoms with van der Waals surface area (Å²) in [7, 11) is 0.883. The second kappa shape index (κ2) is 3.37. The van der Waals surface area contributed by atoms with Crippen molar-refractivity contribution in [3.8, 4) is 16.2 Å². The minimum atomic E-state index is 0.125. The van der Waals surface area contributed by atoms with Crippen molar-refractivity contribution in [1.29, 1.82) is 0 Å². The third-order valence-electron chi connectivity index (χ3n) is 1.50. The molecule has 1 heterocycles. The number of hydrogen-bond donors (Lipinski definition) is 0. The molecule has 4 heteroatoms. The SMILES string of the molecule is [O-]c1pc(-c2ccccc2)n[pH]1. The van der Waals surface area contributed by atoms with Gasteiger partial charge in [-0.05, 0) is 0 Å². The molecule has 0 aliphatic heterocycles. The Hall–Kier alpha value is -0.680. The summed E-state index contributed by atoms with van der Waals surface area (Å²) >= 11 is 0. The lowest BCUT2D eigenvalue weighted by molar-refractivity contribution is -0.255. The summed E-state index contributed by atoms with van der Waals surface area (Å²) < 4.78 is 4.17. The fourth-order valence-electron chi connectivity index (χ4n) is 0.963. The van der Waals surface area contributed by atoms with Gasteiger partial charge in [-0.1, -0.05) is 52.1 Å². The maximum atomic E-state index is 10.9. The number of benzene rings is 1. The van der Waals surface area contributed by atoms with Crippen LogP contribution in [0.3, 0.4) is 0 Å². The van der Waals surface area contributed by atoms with E-state index in [9.17, 15) is 5.11 Å². The Bertz CT molecular complexity index is 372. The van der Waals surface area contributed by atoms with Crippen LogP contribution in [0.4, 0.5) is 0 Å². The molecule has 0 aliphatic carbocycles. The van der Waals surface area contributed by atoms with Gasteiger partial charge in [0.15, 0.2) is 0 Å². The predicted octanol–water partition coefficient (Wildman–Crippen LogP) is 2.43. The van der Waals surface area contributed by atoms with Crippen LogP contribution in [0, 0.1) is 0 Å². The van der Waals surface area contributed by atoms with Gasteiger partial charge < -0.3 is 5.11 Å². The van der Waals surface area contributed by atoms with Gasteiger partial charge >= 0.3 is 0 Å². The molecule has 2 aromatic rings. The van der Waals surface area contributed by atoms with Crippen molar-refractivity contribution in [1.82, 2.24) is 4.75 Å². The van der Waals surface area contributed by atoms with E-state index in [-0.39, 0.29) is 13.6 Å². The highest BCUT2D eigenvalue weighted by molar-refractivity contribution is 7.51. The summed E-state index contributed by atoms with van der Waals surface area (Å²) in [5.41, 5.74) is 1.98. The third-order valence-corrected chi connectivity index (χ3v) is 3.62. The van der Waals surface area contributed by atoms with E-state index in [1.165, 1.54) is 0 Å². The van der Waals surface area contributed by atoms with Crippen molar-refractivity contribution in [2.75, 3.05) is 0 Å². The lowest BCUT2D eigenvalue weighted by atomic mass is 10.2. The number of rotatable bonds is 1. The van der Waals surface area contributed by atoms with Gasteiger partial charge in [-0.3, -0.25) is 0 Å². The van der Waals surface area contributed by atoms with Gasteiger partial charge in [-0.15, -0.1) is 0 Å². The van der Waals surface area contributed by atoms with Crippen LogP contribution in [0.1, 0.15) is 0 Å². The molecule has 0 N–H and O–H groups in total. The van der Waals surface area contributed by atoms with E-state index in [4.69, 9.17) is 0 Å². The van der Waals surface area contributed by atoms with Gasteiger partial charge in [0.2, 0.25) is 0 Å². The molecule has 1 atom stereocenters. The van der Waals surface area contributed by atoms with Crippen molar-refractivity contribution in [2.45, 2.75) is 0 Å². The van der Waals surface area contributed by atoms with Crippen LogP contribution in [0.5, 0.6) is 5.21 Å². The first-order chi connectivity index (χ1) is 5.86. The summed E-state index contributed by atoms with van der Waals surface area (Å²) in [5, 5.41) is 11.1. The maximum Gasteiger partial charge on any atom is 0.0999 e. The molecule has 12 heavy (non-hydrogen) atoms. The minimum absolute atomic E-state index is 0.125. The van der Waals surface area contributed by atoms with Crippen molar-refractivity contribution < 1.29 is 5.11 Å². The fourth-order valence-corrected chi connectivity index (χ4v) is 2.78. The lowest BCUT2D eigenvalue weighted by Crippen LogP contribution is -1.77. The molecule has 60 valence electrons. The quantitative estimate of drug-likeness (QED) is 0.698. The second-order valence-corrected chi connectivity index (χ2v) is 4.71. The zero-order valence-corrected chi connectivity index (χ0v) is 8.08. The first kappa shape index (κ1) is 7.94. The van der Waals surface area contributed by atoms with E-state index < -0.39 is 0 Å². The fraction of sp³-hybridized carbons (Fsp3) is 0. The molecule has 0 aliphatic rings. The van der Waals surface area contributed by atoms with Crippen molar-refractivity contribution >= 4 is 16.5 Å². The van der Waals surface area contributed by atoms with Gasteiger partial charge in [-0.2, -0.15) is 0 Å². The largest absolute Gasteiger partial charge is 0.820 e. The van der Waals surface area contributed by atoms with E-state index in [0.717, 1.165) is 19.2 Å². The predicted molar refractivity (Wildman–Crippen MR) is 51.1 cm³/mol. The number of aromatic nitrogens is 1. The Kier molecular flexibility index (Phi) is 2.23. The Morgan fingerprint density at radius 1 is 1.25 bits per heavy atom. The highest BCUT2D eigenvalue weighted by Gasteiger charge is 1.96. The van der Waals surface area contributed by atoms with E-state index >= 15 is 0 Å². The Balaban J connectivity index is 2.45. The molecule has 0 saturated heterocycles. The monoisotopic (exact) mass is 194 g/mol. The lowest BCUT2D eigenvalue weighted by Gasteiger charge is -1.94. The molecular formula is C8H6NOP2-. The molecule has 2 rings (SSSR count). The summed E-state index contributed by atoms with van der Waals surface area (Å²) in [4.78, 5) is 0. The smallest absolute Gasteiger partial charge is 0.0999 e. The molecule has 0 radical (unpaired) electrons. The molecule has 0 spiro atoms. The maximum absolute atomic E-state index is 10.9. The van der Waals surface area contributed by atoms with E-state index in [2.05, 4.69) is 4.75 Å². The van der Waals surface area contributed by atoms with Crippen LogP contribution in [0.2, 0.25) is 0 Å². The average Bonchev–Trinajstić information content (AvgIpc) is 2.54. The molecular weight excluding hydrogens is 188 g/mol. The van der Waals surface area contributed by atoms with Gasteiger partial charge in [0, 0.05) is 5.56 Å². The molecule has 0 fully saturated rings. The van der Waals surface area contributed by atoms with Crippen LogP contribution >= 0.6 is 16.5 Å². The normalized spacial score (nSPS) is 11.4. The van der Waals surface area contributed by atoms with Crippen molar-refractivity contribution in [3.63, 3.8) is 0 Å². The summed E-state index contributed by atoms with van der Waals surface area (Å²) in [5.74, 6) is 0. The van der Waals surface area contributed by atoms with E-state index in [1.54, 1.807) is 0 Å². The number of nitrogens with zero attached hydrogens (tertiary/aromatic N) is 1. The van der Waals surface area contributed by atoms with E-state index in [0.29, 0.717) is 0 Å². The summed E-state index contributed by atoms with van der Waals surface area (Å²) in [6.45, 7) is 0. The van der Waals surface area contributed by atoms with Crippen molar-refractivity contribution in [2.24, 2.45) is 0 Å². The Morgan fingerprint density at radius 3 is 2.58 bits per heavy atom. The minimum Gasteiger partial charge on any atom is -0.820 e.